The third kappa shape index (κ3) is 5.19. The molecular weight excluding hydrogens is 248 g/mol. The Kier molecular flexibility index (Phi) is 6.38. The van der Waals surface area contributed by atoms with Crippen molar-refractivity contribution in [3.8, 4) is 0 Å². The van der Waals surface area contributed by atoms with Gasteiger partial charge in [0.05, 0.1) is 0 Å². The molecule has 0 atom stereocenters. The molecular formula is C18H20O2. The van der Waals surface area contributed by atoms with Crippen LogP contribution in [0.3, 0.4) is 0 Å². The molecule has 0 radical (unpaired) electrons. The summed E-state index contributed by atoms with van der Waals surface area (Å²) in [6.07, 6.45) is 0.587. The van der Waals surface area contributed by atoms with Gasteiger partial charge in [0.15, 0.2) is 11.6 Å². The molecule has 104 valence electrons. The van der Waals surface area contributed by atoms with E-state index >= 15 is 0 Å². The molecule has 0 heterocycles. The molecule has 0 aliphatic heterocycles. The van der Waals surface area contributed by atoms with Gasteiger partial charge in [0.1, 0.15) is 0 Å². The van der Waals surface area contributed by atoms with Crippen LogP contribution in [-0.2, 0) is 0 Å². The number of Topliss-reactive ketones (excluding diaryl/α,β-unsaturated/α-hetero) is 2. The Morgan fingerprint density at radius 3 is 1.85 bits per heavy atom. The molecule has 0 aliphatic rings. The zero-order chi connectivity index (χ0) is 15.0. The normalized spacial score (nSPS) is 9.35. The van der Waals surface area contributed by atoms with E-state index in [1.165, 1.54) is 5.56 Å². The number of ketones is 2. The Balaban J connectivity index is 0.000000200. The highest BCUT2D eigenvalue weighted by molar-refractivity contribution is 5.95. The van der Waals surface area contributed by atoms with Crippen molar-refractivity contribution in [1.29, 1.82) is 0 Å². The van der Waals surface area contributed by atoms with Crippen molar-refractivity contribution in [2.75, 3.05) is 0 Å². The minimum absolute atomic E-state index is 0.125. The van der Waals surface area contributed by atoms with Crippen LogP contribution < -0.4 is 0 Å². The van der Waals surface area contributed by atoms with E-state index in [1.807, 2.05) is 68.4 Å². The molecule has 0 N–H and O–H groups in total. The summed E-state index contributed by atoms with van der Waals surface area (Å²) in [6, 6.07) is 16.9. The molecule has 0 saturated carbocycles. The number of carbonyl (C=O) groups excluding carboxylic acids is 2. The average Bonchev–Trinajstić information content (AvgIpc) is 2.48. The van der Waals surface area contributed by atoms with E-state index in [0.29, 0.717) is 6.42 Å². The zero-order valence-corrected chi connectivity index (χ0v) is 12.2. The molecule has 2 aromatic rings. The average molecular weight is 268 g/mol. The fourth-order valence-electron chi connectivity index (χ4n) is 1.62. The summed E-state index contributed by atoms with van der Waals surface area (Å²) in [5.41, 5.74) is 2.78. The predicted molar refractivity (Wildman–Crippen MR) is 82.2 cm³/mol. The molecule has 2 aromatic carbocycles. The van der Waals surface area contributed by atoms with Gasteiger partial charge >= 0.3 is 0 Å². The van der Waals surface area contributed by atoms with E-state index in [4.69, 9.17) is 0 Å². The number of carbonyl (C=O) groups is 2. The van der Waals surface area contributed by atoms with Crippen LogP contribution in [0.5, 0.6) is 0 Å². The highest BCUT2D eigenvalue weighted by Crippen LogP contribution is 2.03. The standard InChI is InChI=1S/2C9H10O/c1-7-3-5-9(6-4-7)8(2)10;1-2-9(10)8-6-4-3-5-7-8/h3-6H,1-2H3;3-7H,2H2,1H3. The predicted octanol–water partition coefficient (Wildman–Crippen LogP) is 4.48. The topological polar surface area (TPSA) is 34.1 Å². The van der Waals surface area contributed by atoms with Crippen LogP contribution >= 0.6 is 0 Å². The van der Waals surface area contributed by atoms with E-state index in [9.17, 15) is 9.59 Å². The first-order valence-electron chi connectivity index (χ1n) is 6.70. The highest BCUT2D eigenvalue weighted by Gasteiger charge is 1.98. The maximum atomic E-state index is 11.0. The van der Waals surface area contributed by atoms with Gasteiger partial charge in [-0.2, -0.15) is 0 Å². The second-order valence-electron chi connectivity index (χ2n) is 4.56. The van der Waals surface area contributed by atoms with Crippen LogP contribution in [-0.4, -0.2) is 11.6 Å². The van der Waals surface area contributed by atoms with Crippen molar-refractivity contribution in [2.45, 2.75) is 27.2 Å². The van der Waals surface area contributed by atoms with Gasteiger partial charge in [0.25, 0.3) is 0 Å². The molecule has 0 aromatic heterocycles. The fourth-order valence-corrected chi connectivity index (χ4v) is 1.62. The summed E-state index contributed by atoms with van der Waals surface area (Å²) in [6.45, 7) is 5.45. The minimum atomic E-state index is 0.125. The van der Waals surface area contributed by atoms with E-state index < -0.39 is 0 Å². The molecule has 2 nitrogen and oxygen atoms in total. The first kappa shape index (κ1) is 15.8. The Hall–Kier alpha value is -2.22. The quantitative estimate of drug-likeness (QED) is 0.769. The number of rotatable bonds is 3. The van der Waals surface area contributed by atoms with Crippen LogP contribution in [0, 0.1) is 6.92 Å². The largest absolute Gasteiger partial charge is 0.295 e. The summed E-state index contributed by atoms with van der Waals surface area (Å²) < 4.78 is 0. The number of benzene rings is 2. The molecule has 2 rings (SSSR count). The van der Waals surface area contributed by atoms with Gasteiger partial charge < -0.3 is 0 Å². The Bertz CT molecular complexity index is 554. The maximum Gasteiger partial charge on any atom is 0.162 e. The van der Waals surface area contributed by atoms with Gasteiger partial charge in [-0.3, -0.25) is 9.59 Å². The van der Waals surface area contributed by atoms with Gasteiger partial charge in [0, 0.05) is 17.5 Å². The zero-order valence-electron chi connectivity index (χ0n) is 12.2. The first-order chi connectivity index (χ1) is 9.54. The molecule has 0 bridgehead atoms. The van der Waals surface area contributed by atoms with Crippen molar-refractivity contribution in [3.63, 3.8) is 0 Å². The molecule has 0 amide bonds. The lowest BCUT2D eigenvalue weighted by atomic mass is 10.1. The lowest BCUT2D eigenvalue weighted by molar-refractivity contribution is 0.0986. The second kappa shape index (κ2) is 8.05. The smallest absolute Gasteiger partial charge is 0.162 e. The molecule has 0 unspecified atom stereocenters. The Morgan fingerprint density at radius 2 is 1.40 bits per heavy atom. The fraction of sp³-hybridized carbons (Fsp3) is 0.222. The highest BCUT2D eigenvalue weighted by atomic mass is 16.1. The molecule has 0 saturated heterocycles. The van der Waals surface area contributed by atoms with Crippen LogP contribution in [0.1, 0.15) is 46.5 Å². The van der Waals surface area contributed by atoms with Crippen LogP contribution in [0.4, 0.5) is 0 Å². The third-order valence-electron chi connectivity index (χ3n) is 2.87. The van der Waals surface area contributed by atoms with E-state index in [0.717, 1.165) is 11.1 Å². The summed E-state index contributed by atoms with van der Waals surface area (Å²) in [4.78, 5) is 21.8. The van der Waals surface area contributed by atoms with Crippen molar-refractivity contribution < 1.29 is 9.59 Å². The number of aryl methyl sites for hydroxylation is 1. The van der Waals surface area contributed by atoms with Gasteiger partial charge in [-0.25, -0.2) is 0 Å². The van der Waals surface area contributed by atoms with Crippen molar-refractivity contribution >= 4 is 11.6 Å². The van der Waals surface area contributed by atoms with Crippen LogP contribution in [0.25, 0.3) is 0 Å². The van der Waals surface area contributed by atoms with E-state index in [1.54, 1.807) is 6.92 Å². The summed E-state index contributed by atoms with van der Waals surface area (Å²) in [5, 5.41) is 0. The van der Waals surface area contributed by atoms with Crippen molar-refractivity contribution in [3.05, 3.63) is 71.3 Å². The van der Waals surface area contributed by atoms with Gasteiger partial charge in [-0.15, -0.1) is 0 Å². The monoisotopic (exact) mass is 268 g/mol. The molecule has 0 spiro atoms. The summed E-state index contributed by atoms with van der Waals surface area (Å²) in [7, 11) is 0. The van der Waals surface area contributed by atoms with E-state index in [2.05, 4.69) is 0 Å². The summed E-state index contributed by atoms with van der Waals surface area (Å²) in [5.74, 6) is 0.334. The van der Waals surface area contributed by atoms with Crippen LogP contribution in [0.2, 0.25) is 0 Å². The minimum Gasteiger partial charge on any atom is -0.295 e. The summed E-state index contributed by atoms with van der Waals surface area (Å²) >= 11 is 0. The number of hydrogen-bond acceptors (Lipinski definition) is 2. The Labute approximate surface area is 120 Å². The van der Waals surface area contributed by atoms with Gasteiger partial charge in [-0.05, 0) is 13.8 Å². The molecule has 0 fully saturated rings. The van der Waals surface area contributed by atoms with Crippen molar-refractivity contribution in [1.82, 2.24) is 0 Å². The third-order valence-corrected chi connectivity index (χ3v) is 2.87. The lowest BCUT2D eigenvalue weighted by Crippen LogP contribution is -1.94. The number of hydrogen-bond donors (Lipinski definition) is 0. The lowest BCUT2D eigenvalue weighted by Gasteiger charge is -1.93. The van der Waals surface area contributed by atoms with Gasteiger partial charge in [-0.1, -0.05) is 67.1 Å². The van der Waals surface area contributed by atoms with Crippen molar-refractivity contribution in [2.24, 2.45) is 0 Å². The molecule has 20 heavy (non-hydrogen) atoms. The Morgan fingerprint density at radius 1 is 0.850 bits per heavy atom. The second-order valence-corrected chi connectivity index (χ2v) is 4.56. The SMILES string of the molecule is CC(=O)c1ccc(C)cc1.CCC(=O)c1ccccc1. The van der Waals surface area contributed by atoms with E-state index in [-0.39, 0.29) is 11.6 Å². The maximum absolute atomic E-state index is 11.0. The van der Waals surface area contributed by atoms with Gasteiger partial charge in [0.2, 0.25) is 0 Å². The molecule has 2 heteroatoms. The first-order valence-corrected chi connectivity index (χ1v) is 6.70. The molecule has 0 aliphatic carbocycles. The van der Waals surface area contributed by atoms with Crippen LogP contribution in [0.15, 0.2) is 54.6 Å².